The number of sulfonamides is 1. The molecule has 0 spiro atoms. The van der Waals surface area contributed by atoms with E-state index in [1.165, 1.54) is 0 Å². The Labute approximate surface area is 137 Å². The van der Waals surface area contributed by atoms with Crippen LogP contribution in [0.15, 0.2) is 24.5 Å². The van der Waals surface area contributed by atoms with E-state index in [4.69, 9.17) is 0 Å². The van der Waals surface area contributed by atoms with Crippen molar-refractivity contribution in [3.8, 4) is 0 Å². The molecule has 0 bridgehead atoms. The van der Waals surface area contributed by atoms with Gasteiger partial charge in [-0.1, -0.05) is 6.42 Å². The van der Waals surface area contributed by atoms with Gasteiger partial charge in [0.15, 0.2) is 0 Å². The molecule has 2 heterocycles. The minimum atomic E-state index is -3.16. The molecule has 128 valence electrons. The number of carbonyl (C=O) groups is 1. The van der Waals surface area contributed by atoms with E-state index in [2.05, 4.69) is 19.9 Å². The topological polar surface area (TPSA) is 91.4 Å². The van der Waals surface area contributed by atoms with Crippen molar-refractivity contribution in [2.24, 2.45) is 0 Å². The summed E-state index contributed by atoms with van der Waals surface area (Å²) in [6, 6.07) is 3.81. The SMILES string of the molecule is CS(=O)(=O)NCCC1CCCCN1CC(=O)Nc1cccnc1. The molecule has 0 aliphatic carbocycles. The highest BCUT2D eigenvalue weighted by Gasteiger charge is 2.24. The van der Waals surface area contributed by atoms with Gasteiger partial charge in [-0.3, -0.25) is 14.7 Å². The summed E-state index contributed by atoms with van der Waals surface area (Å²) >= 11 is 0. The molecule has 1 amide bonds. The van der Waals surface area contributed by atoms with Gasteiger partial charge in [-0.25, -0.2) is 13.1 Å². The van der Waals surface area contributed by atoms with Crippen LogP contribution in [-0.4, -0.2) is 56.1 Å². The van der Waals surface area contributed by atoms with E-state index in [-0.39, 0.29) is 11.9 Å². The average Bonchev–Trinajstić information content (AvgIpc) is 2.49. The molecule has 0 aromatic carbocycles. The van der Waals surface area contributed by atoms with Crippen LogP contribution >= 0.6 is 0 Å². The van der Waals surface area contributed by atoms with E-state index in [1.54, 1.807) is 24.5 Å². The molecule has 8 heteroatoms. The number of hydrogen-bond donors (Lipinski definition) is 2. The number of hydrogen-bond acceptors (Lipinski definition) is 5. The molecular weight excluding hydrogens is 316 g/mol. The van der Waals surface area contributed by atoms with Crippen molar-refractivity contribution < 1.29 is 13.2 Å². The van der Waals surface area contributed by atoms with Gasteiger partial charge >= 0.3 is 0 Å². The molecule has 1 fully saturated rings. The lowest BCUT2D eigenvalue weighted by Crippen LogP contribution is -2.45. The molecule has 1 unspecified atom stereocenters. The molecule has 1 aliphatic heterocycles. The third-order valence-corrected chi connectivity index (χ3v) is 4.61. The van der Waals surface area contributed by atoms with E-state index < -0.39 is 10.0 Å². The third kappa shape index (κ3) is 6.64. The Bertz CT molecular complexity index is 606. The summed E-state index contributed by atoms with van der Waals surface area (Å²) in [5.74, 6) is -0.0685. The van der Waals surface area contributed by atoms with Gasteiger partial charge in [0.1, 0.15) is 0 Å². The first kappa shape index (κ1) is 17.8. The number of nitrogens with one attached hydrogen (secondary N) is 2. The lowest BCUT2D eigenvalue weighted by atomic mass is 9.99. The van der Waals surface area contributed by atoms with E-state index in [0.717, 1.165) is 32.1 Å². The number of likely N-dealkylation sites (tertiary alicyclic amines) is 1. The number of aromatic nitrogens is 1. The van der Waals surface area contributed by atoms with Crippen molar-refractivity contribution >= 4 is 21.6 Å². The molecule has 1 atom stereocenters. The number of anilines is 1. The van der Waals surface area contributed by atoms with E-state index >= 15 is 0 Å². The number of pyridine rings is 1. The lowest BCUT2D eigenvalue weighted by molar-refractivity contribution is -0.118. The average molecular weight is 340 g/mol. The fourth-order valence-electron chi connectivity index (χ4n) is 2.83. The molecule has 1 aromatic rings. The number of rotatable bonds is 7. The van der Waals surface area contributed by atoms with Crippen molar-refractivity contribution in [1.29, 1.82) is 0 Å². The van der Waals surface area contributed by atoms with Crippen LogP contribution in [0.25, 0.3) is 0 Å². The highest BCUT2D eigenvalue weighted by Crippen LogP contribution is 2.19. The lowest BCUT2D eigenvalue weighted by Gasteiger charge is -2.35. The van der Waals surface area contributed by atoms with Gasteiger partial charge in [-0.2, -0.15) is 0 Å². The van der Waals surface area contributed by atoms with Gasteiger partial charge in [0, 0.05) is 18.8 Å². The molecule has 0 saturated carbocycles. The normalized spacial score (nSPS) is 19.4. The molecule has 2 rings (SSSR count). The largest absolute Gasteiger partial charge is 0.324 e. The highest BCUT2D eigenvalue weighted by atomic mass is 32.2. The summed E-state index contributed by atoms with van der Waals surface area (Å²) in [6.07, 6.45) is 8.32. The number of carbonyl (C=O) groups excluding carboxylic acids is 1. The predicted molar refractivity (Wildman–Crippen MR) is 89.5 cm³/mol. The van der Waals surface area contributed by atoms with Crippen LogP contribution in [0.1, 0.15) is 25.7 Å². The van der Waals surface area contributed by atoms with E-state index in [1.807, 2.05) is 0 Å². The Morgan fingerprint density at radius 1 is 1.43 bits per heavy atom. The smallest absolute Gasteiger partial charge is 0.238 e. The molecule has 1 aliphatic rings. The van der Waals surface area contributed by atoms with Crippen molar-refractivity contribution in [1.82, 2.24) is 14.6 Å². The van der Waals surface area contributed by atoms with E-state index in [0.29, 0.717) is 25.2 Å². The van der Waals surface area contributed by atoms with Crippen LogP contribution in [0.3, 0.4) is 0 Å². The second kappa shape index (κ2) is 8.37. The summed E-state index contributed by atoms with van der Waals surface area (Å²) in [5, 5.41) is 2.84. The monoisotopic (exact) mass is 340 g/mol. The fraction of sp³-hybridized carbons (Fsp3) is 0.600. The summed E-state index contributed by atoms with van der Waals surface area (Å²) in [7, 11) is -3.16. The molecule has 2 N–H and O–H groups in total. The molecule has 23 heavy (non-hydrogen) atoms. The summed E-state index contributed by atoms with van der Waals surface area (Å²) in [6.45, 7) is 1.59. The first-order valence-electron chi connectivity index (χ1n) is 7.82. The molecule has 1 saturated heterocycles. The Kier molecular flexibility index (Phi) is 6.49. The molecule has 0 radical (unpaired) electrons. The molecule has 1 aromatic heterocycles. The van der Waals surface area contributed by atoms with Gasteiger partial charge in [-0.15, -0.1) is 0 Å². The zero-order chi connectivity index (χ0) is 16.7. The Morgan fingerprint density at radius 2 is 2.26 bits per heavy atom. The van der Waals surface area contributed by atoms with Gasteiger partial charge in [0.05, 0.1) is 24.7 Å². The molecule has 7 nitrogen and oxygen atoms in total. The second-order valence-corrected chi connectivity index (χ2v) is 7.70. The molecular formula is C15H24N4O3S. The first-order valence-corrected chi connectivity index (χ1v) is 9.72. The number of nitrogens with zero attached hydrogens (tertiary/aromatic N) is 2. The van der Waals surface area contributed by atoms with Gasteiger partial charge in [0.2, 0.25) is 15.9 Å². The Morgan fingerprint density at radius 3 is 2.96 bits per heavy atom. The maximum absolute atomic E-state index is 12.2. The zero-order valence-electron chi connectivity index (χ0n) is 13.4. The van der Waals surface area contributed by atoms with E-state index in [9.17, 15) is 13.2 Å². The van der Waals surface area contributed by atoms with Crippen LogP contribution in [0, 0.1) is 0 Å². The Hall–Kier alpha value is -1.51. The van der Waals surface area contributed by atoms with Crippen LogP contribution in [0.5, 0.6) is 0 Å². The van der Waals surface area contributed by atoms with Crippen LogP contribution in [0.4, 0.5) is 5.69 Å². The zero-order valence-corrected chi connectivity index (χ0v) is 14.2. The summed E-state index contributed by atoms with van der Waals surface area (Å²) in [4.78, 5) is 18.3. The number of piperidine rings is 1. The minimum absolute atomic E-state index is 0.0685. The second-order valence-electron chi connectivity index (χ2n) is 5.87. The predicted octanol–water partition coefficient (Wildman–Crippen LogP) is 0.814. The van der Waals surface area contributed by atoms with Crippen LogP contribution in [0.2, 0.25) is 0 Å². The van der Waals surface area contributed by atoms with Gasteiger partial charge < -0.3 is 5.32 Å². The first-order chi connectivity index (χ1) is 10.9. The standard InChI is InChI=1S/C15H24N4O3S/c1-23(21,22)17-9-7-14-6-2-3-10-19(14)12-15(20)18-13-5-4-8-16-11-13/h4-5,8,11,14,17H,2-3,6-7,9-10,12H2,1H3,(H,18,20). The minimum Gasteiger partial charge on any atom is -0.324 e. The summed E-state index contributed by atoms with van der Waals surface area (Å²) in [5.41, 5.74) is 0.685. The van der Waals surface area contributed by atoms with Crippen molar-refractivity contribution in [2.75, 3.05) is 31.2 Å². The fourth-order valence-corrected chi connectivity index (χ4v) is 3.32. The van der Waals surface area contributed by atoms with Crippen molar-refractivity contribution in [2.45, 2.75) is 31.7 Å². The maximum Gasteiger partial charge on any atom is 0.238 e. The Balaban J connectivity index is 1.84. The highest BCUT2D eigenvalue weighted by molar-refractivity contribution is 7.88. The third-order valence-electron chi connectivity index (χ3n) is 3.88. The number of amides is 1. The van der Waals surface area contributed by atoms with Crippen LogP contribution < -0.4 is 10.0 Å². The quantitative estimate of drug-likeness (QED) is 0.766. The maximum atomic E-state index is 12.2. The van der Waals surface area contributed by atoms with Gasteiger partial charge in [0.25, 0.3) is 0 Å². The van der Waals surface area contributed by atoms with Crippen molar-refractivity contribution in [3.63, 3.8) is 0 Å². The summed E-state index contributed by atoms with van der Waals surface area (Å²) < 4.78 is 24.8. The van der Waals surface area contributed by atoms with Crippen LogP contribution in [-0.2, 0) is 14.8 Å². The van der Waals surface area contributed by atoms with Crippen molar-refractivity contribution in [3.05, 3.63) is 24.5 Å². The van der Waals surface area contributed by atoms with Gasteiger partial charge in [-0.05, 0) is 37.9 Å².